The van der Waals surface area contributed by atoms with Crippen molar-refractivity contribution in [1.29, 1.82) is 5.26 Å². The van der Waals surface area contributed by atoms with Crippen LogP contribution < -0.4 is 0 Å². The average molecular weight is 304 g/mol. The van der Waals surface area contributed by atoms with Crippen LogP contribution in [0.3, 0.4) is 0 Å². The molecular weight excluding hydrogens is 266 g/mol. The van der Waals surface area contributed by atoms with Gasteiger partial charge in [0.2, 0.25) is 0 Å². The van der Waals surface area contributed by atoms with E-state index in [1.165, 1.54) is 64.2 Å². The Kier molecular flexibility index (Phi) is 6.36. The van der Waals surface area contributed by atoms with Crippen LogP contribution in [0, 0.1) is 46.3 Å². The van der Waals surface area contributed by atoms with Gasteiger partial charge in [-0.1, -0.05) is 47.0 Å². The summed E-state index contributed by atoms with van der Waals surface area (Å²) in [5.74, 6) is 4.19. The molecule has 1 nitrogen and oxygen atoms in total. The highest BCUT2D eigenvalue weighted by Gasteiger charge is 2.41. The molecule has 2 fully saturated rings. The van der Waals surface area contributed by atoms with E-state index in [-0.39, 0.29) is 5.41 Å². The Morgan fingerprint density at radius 3 is 1.95 bits per heavy atom. The predicted octanol–water partition coefficient (Wildman–Crippen LogP) is 6.59. The molecule has 0 radical (unpaired) electrons. The third-order valence-corrected chi connectivity index (χ3v) is 6.99. The van der Waals surface area contributed by atoms with Crippen molar-refractivity contribution in [2.45, 2.75) is 91.9 Å². The first-order valence-electron chi connectivity index (χ1n) is 9.88. The van der Waals surface area contributed by atoms with Crippen LogP contribution in [0.25, 0.3) is 0 Å². The summed E-state index contributed by atoms with van der Waals surface area (Å²) in [4.78, 5) is 0. The van der Waals surface area contributed by atoms with Gasteiger partial charge in [0.25, 0.3) is 0 Å². The molecule has 1 unspecified atom stereocenters. The van der Waals surface area contributed by atoms with E-state index in [1.54, 1.807) is 0 Å². The van der Waals surface area contributed by atoms with Crippen LogP contribution in [0.1, 0.15) is 91.9 Å². The summed E-state index contributed by atoms with van der Waals surface area (Å²) in [6, 6.07) is 2.77. The highest BCUT2D eigenvalue weighted by Crippen LogP contribution is 2.49. The van der Waals surface area contributed by atoms with Crippen molar-refractivity contribution < 1.29 is 0 Å². The maximum atomic E-state index is 9.86. The van der Waals surface area contributed by atoms with Gasteiger partial charge in [-0.25, -0.2) is 0 Å². The lowest BCUT2D eigenvalue weighted by atomic mass is 9.60. The molecule has 0 bridgehead atoms. The molecule has 0 saturated heterocycles. The summed E-state index contributed by atoms with van der Waals surface area (Å²) < 4.78 is 0. The molecule has 0 N–H and O–H groups in total. The third-order valence-electron chi connectivity index (χ3n) is 6.99. The molecule has 0 aromatic heterocycles. The van der Waals surface area contributed by atoms with Gasteiger partial charge in [-0.15, -0.1) is 0 Å². The molecule has 2 rings (SSSR count). The maximum absolute atomic E-state index is 9.86. The molecular formula is C21H37N. The van der Waals surface area contributed by atoms with Crippen molar-refractivity contribution >= 4 is 0 Å². The lowest BCUT2D eigenvalue weighted by molar-refractivity contribution is 0.0883. The monoisotopic (exact) mass is 303 g/mol. The van der Waals surface area contributed by atoms with E-state index < -0.39 is 0 Å². The Balaban J connectivity index is 1.86. The second kappa shape index (κ2) is 7.85. The Hall–Kier alpha value is -0.510. The van der Waals surface area contributed by atoms with Gasteiger partial charge >= 0.3 is 0 Å². The van der Waals surface area contributed by atoms with Gasteiger partial charge in [-0.05, 0) is 74.5 Å². The zero-order chi connectivity index (χ0) is 16.2. The minimum Gasteiger partial charge on any atom is -0.198 e. The highest BCUT2D eigenvalue weighted by molar-refractivity contribution is 5.05. The Bertz CT molecular complexity index is 362. The summed E-state index contributed by atoms with van der Waals surface area (Å²) >= 11 is 0. The minimum atomic E-state index is -0.00660. The molecule has 0 spiro atoms. The normalized spacial score (nSPS) is 37.7. The molecule has 0 aromatic rings. The second-order valence-corrected chi connectivity index (χ2v) is 9.00. The predicted molar refractivity (Wildman–Crippen MR) is 94.4 cm³/mol. The number of nitriles is 1. The van der Waals surface area contributed by atoms with Crippen molar-refractivity contribution in [3.05, 3.63) is 0 Å². The van der Waals surface area contributed by atoms with E-state index in [0.717, 1.165) is 23.7 Å². The maximum Gasteiger partial charge on any atom is 0.0692 e. The number of hydrogen-bond acceptors (Lipinski definition) is 1. The molecule has 2 aliphatic rings. The molecule has 0 amide bonds. The Morgan fingerprint density at radius 2 is 1.45 bits per heavy atom. The molecule has 2 saturated carbocycles. The average Bonchev–Trinajstić information content (AvgIpc) is 2.53. The molecule has 0 aliphatic heterocycles. The zero-order valence-corrected chi connectivity index (χ0v) is 15.4. The van der Waals surface area contributed by atoms with Crippen LogP contribution in [0.2, 0.25) is 0 Å². The standard InChI is InChI=1S/C21H37N/c1-16(2)5-8-18(4)21(15-22)13-11-20(12-14-21)19-9-6-17(3)7-10-19/h16-20H,5-14H2,1-4H3. The summed E-state index contributed by atoms with van der Waals surface area (Å²) in [5, 5.41) is 9.86. The topological polar surface area (TPSA) is 23.8 Å². The van der Waals surface area contributed by atoms with Gasteiger partial charge in [-0.2, -0.15) is 5.26 Å². The number of rotatable bonds is 5. The Labute approximate surface area is 138 Å². The molecule has 126 valence electrons. The molecule has 0 heterocycles. The smallest absolute Gasteiger partial charge is 0.0692 e. The van der Waals surface area contributed by atoms with E-state index in [4.69, 9.17) is 0 Å². The third kappa shape index (κ3) is 4.27. The fourth-order valence-electron chi connectivity index (χ4n) is 4.96. The van der Waals surface area contributed by atoms with Gasteiger partial charge in [0, 0.05) is 0 Å². The van der Waals surface area contributed by atoms with Gasteiger partial charge in [0.05, 0.1) is 11.5 Å². The highest BCUT2D eigenvalue weighted by atomic mass is 14.5. The second-order valence-electron chi connectivity index (χ2n) is 9.00. The van der Waals surface area contributed by atoms with Gasteiger partial charge in [0.15, 0.2) is 0 Å². The minimum absolute atomic E-state index is 0.00660. The largest absolute Gasteiger partial charge is 0.198 e. The van der Waals surface area contributed by atoms with Crippen LogP contribution in [0.4, 0.5) is 0 Å². The van der Waals surface area contributed by atoms with E-state index in [2.05, 4.69) is 33.8 Å². The van der Waals surface area contributed by atoms with Crippen LogP contribution in [0.15, 0.2) is 0 Å². The Morgan fingerprint density at radius 1 is 0.909 bits per heavy atom. The fraction of sp³-hybridized carbons (Fsp3) is 0.952. The zero-order valence-electron chi connectivity index (χ0n) is 15.4. The lowest BCUT2D eigenvalue weighted by Gasteiger charge is -2.43. The number of nitrogens with zero attached hydrogens (tertiary/aromatic N) is 1. The summed E-state index contributed by atoms with van der Waals surface area (Å²) in [7, 11) is 0. The van der Waals surface area contributed by atoms with Crippen LogP contribution in [-0.4, -0.2) is 0 Å². The summed E-state index contributed by atoms with van der Waals surface area (Å²) in [5.41, 5.74) is -0.00660. The van der Waals surface area contributed by atoms with Crippen molar-refractivity contribution in [3.63, 3.8) is 0 Å². The first-order chi connectivity index (χ1) is 10.5. The molecule has 0 aromatic carbocycles. The van der Waals surface area contributed by atoms with Crippen molar-refractivity contribution in [2.75, 3.05) is 0 Å². The van der Waals surface area contributed by atoms with Crippen molar-refractivity contribution in [1.82, 2.24) is 0 Å². The van der Waals surface area contributed by atoms with E-state index in [0.29, 0.717) is 5.92 Å². The van der Waals surface area contributed by atoms with Crippen LogP contribution in [0.5, 0.6) is 0 Å². The van der Waals surface area contributed by atoms with E-state index >= 15 is 0 Å². The number of hydrogen-bond donors (Lipinski definition) is 0. The fourth-order valence-corrected chi connectivity index (χ4v) is 4.96. The first kappa shape index (κ1) is 17.8. The van der Waals surface area contributed by atoms with Gasteiger partial charge < -0.3 is 0 Å². The molecule has 1 atom stereocenters. The molecule has 22 heavy (non-hydrogen) atoms. The first-order valence-corrected chi connectivity index (χ1v) is 9.88. The van der Waals surface area contributed by atoms with Gasteiger partial charge in [0.1, 0.15) is 0 Å². The summed E-state index contributed by atoms with van der Waals surface area (Å²) in [6.07, 6.45) is 13.3. The quantitative estimate of drug-likeness (QED) is 0.562. The van der Waals surface area contributed by atoms with E-state index in [1.807, 2.05) is 0 Å². The van der Waals surface area contributed by atoms with Crippen molar-refractivity contribution in [2.24, 2.45) is 35.0 Å². The van der Waals surface area contributed by atoms with Gasteiger partial charge in [-0.3, -0.25) is 0 Å². The lowest BCUT2D eigenvalue weighted by Crippen LogP contribution is -2.35. The van der Waals surface area contributed by atoms with Crippen LogP contribution in [-0.2, 0) is 0 Å². The molecule has 2 aliphatic carbocycles. The van der Waals surface area contributed by atoms with Crippen LogP contribution >= 0.6 is 0 Å². The van der Waals surface area contributed by atoms with E-state index in [9.17, 15) is 5.26 Å². The summed E-state index contributed by atoms with van der Waals surface area (Å²) in [6.45, 7) is 9.35. The molecule has 1 heteroatoms. The SMILES string of the molecule is CC(C)CCC(C)C1(C#N)CCC(C2CCC(C)CC2)CC1. The van der Waals surface area contributed by atoms with Crippen molar-refractivity contribution in [3.8, 4) is 6.07 Å².